The van der Waals surface area contributed by atoms with Crippen LogP contribution in [0.15, 0.2) is 90.5 Å². The molecule has 1 heterocycles. The van der Waals surface area contributed by atoms with Gasteiger partial charge in [-0.1, -0.05) is 72.3 Å². The number of halogens is 1. The zero-order valence-electron chi connectivity index (χ0n) is 14.7. The molecule has 0 radical (unpaired) electrons. The number of carbonyl (C=O) groups excluding carboxylic acids is 2. The summed E-state index contributed by atoms with van der Waals surface area (Å²) in [5.74, 6) is -1.59. The summed E-state index contributed by atoms with van der Waals surface area (Å²) >= 11 is 5.98. The van der Waals surface area contributed by atoms with Gasteiger partial charge >= 0.3 is 0 Å². The van der Waals surface area contributed by atoms with E-state index in [9.17, 15) is 14.7 Å². The van der Waals surface area contributed by atoms with Crippen molar-refractivity contribution in [2.75, 3.05) is 4.90 Å². The van der Waals surface area contributed by atoms with E-state index in [1.165, 1.54) is 4.90 Å². The van der Waals surface area contributed by atoms with Gasteiger partial charge in [-0.05, 0) is 29.8 Å². The first-order valence-electron chi connectivity index (χ1n) is 8.75. The van der Waals surface area contributed by atoms with Gasteiger partial charge in [0.25, 0.3) is 11.7 Å². The third kappa shape index (κ3) is 3.08. The van der Waals surface area contributed by atoms with Crippen LogP contribution in [0.1, 0.15) is 17.2 Å². The zero-order valence-corrected chi connectivity index (χ0v) is 15.5. The molecule has 0 unspecified atom stereocenters. The van der Waals surface area contributed by atoms with Crippen molar-refractivity contribution in [3.8, 4) is 0 Å². The van der Waals surface area contributed by atoms with Gasteiger partial charge in [-0.3, -0.25) is 14.5 Å². The lowest BCUT2D eigenvalue weighted by atomic mass is 9.95. The minimum absolute atomic E-state index is 0.0670. The Morgan fingerprint density at radius 2 is 1.39 bits per heavy atom. The molecule has 5 heteroatoms. The molecule has 3 aromatic rings. The maximum absolute atomic E-state index is 12.9. The van der Waals surface area contributed by atoms with Crippen LogP contribution in [0.4, 0.5) is 5.69 Å². The van der Waals surface area contributed by atoms with Gasteiger partial charge in [0.1, 0.15) is 5.76 Å². The first-order chi connectivity index (χ1) is 13.6. The zero-order chi connectivity index (χ0) is 19.7. The molecule has 1 N–H and O–H groups in total. The van der Waals surface area contributed by atoms with Crippen LogP contribution in [0, 0.1) is 0 Å². The fourth-order valence-corrected chi connectivity index (χ4v) is 3.53. The molecule has 0 bridgehead atoms. The van der Waals surface area contributed by atoms with Crippen LogP contribution >= 0.6 is 11.6 Å². The molecule has 4 rings (SSSR count). The lowest BCUT2D eigenvalue weighted by Gasteiger charge is -2.25. The lowest BCUT2D eigenvalue weighted by Crippen LogP contribution is -2.29. The van der Waals surface area contributed by atoms with Crippen LogP contribution < -0.4 is 4.90 Å². The van der Waals surface area contributed by atoms with E-state index >= 15 is 0 Å². The summed E-state index contributed by atoms with van der Waals surface area (Å²) in [6.07, 6.45) is 0. The van der Waals surface area contributed by atoms with Gasteiger partial charge in [-0.2, -0.15) is 0 Å². The van der Waals surface area contributed by atoms with Gasteiger partial charge in [-0.25, -0.2) is 0 Å². The van der Waals surface area contributed by atoms with E-state index < -0.39 is 17.7 Å². The number of rotatable bonds is 3. The predicted molar refractivity (Wildman–Crippen MR) is 109 cm³/mol. The first kappa shape index (κ1) is 18.0. The summed E-state index contributed by atoms with van der Waals surface area (Å²) in [4.78, 5) is 27.2. The van der Waals surface area contributed by atoms with E-state index in [1.54, 1.807) is 48.5 Å². The minimum Gasteiger partial charge on any atom is -0.507 e. The normalized spacial score (nSPS) is 18.5. The van der Waals surface area contributed by atoms with E-state index in [0.717, 1.165) is 5.56 Å². The summed E-state index contributed by atoms with van der Waals surface area (Å²) in [6, 6.07) is 23.9. The number of amides is 1. The Hall–Kier alpha value is -3.37. The number of aliphatic hydroxyl groups is 1. The highest BCUT2D eigenvalue weighted by atomic mass is 35.5. The van der Waals surface area contributed by atoms with E-state index in [-0.39, 0.29) is 11.3 Å². The Morgan fingerprint density at radius 3 is 2.00 bits per heavy atom. The van der Waals surface area contributed by atoms with Gasteiger partial charge in [0.2, 0.25) is 0 Å². The van der Waals surface area contributed by atoms with Crippen molar-refractivity contribution in [3.63, 3.8) is 0 Å². The van der Waals surface area contributed by atoms with E-state index in [2.05, 4.69) is 0 Å². The summed E-state index contributed by atoms with van der Waals surface area (Å²) < 4.78 is 0. The average molecular weight is 390 g/mol. The Morgan fingerprint density at radius 1 is 0.821 bits per heavy atom. The minimum atomic E-state index is -0.734. The van der Waals surface area contributed by atoms with Crippen LogP contribution in [-0.2, 0) is 9.59 Å². The number of aliphatic hydroxyl groups excluding tert-OH is 1. The number of hydrogen-bond donors (Lipinski definition) is 1. The van der Waals surface area contributed by atoms with Crippen molar-refractivity contribution in [1.29, 1.82) is 0 Å². The molecule has 1 aliphatic heterocycles. The van der Waals surface area contributed by atoms with E-state index in [1.807, 2.05) is 36.4 Å². The molecular weight excluding hydrogens is 374 g/mol. The molecule has 28 heavy (non-hydrogen) atoms. The summed E-state index contributed by atoms with van der Waals surface area (Å²) in [6.45, 7) is 0. The lowest BCUT2D eigenvalue weighted by molar-refractivity contribution is -0.132. The SMILES string of the molecule is O=C1C(=O)N(c2ccc(Cl)cc2)[C@@H](c2ccccc2)/C1=C(\O)c1ccccc1. The molecule has 1 fully saturated rings. The van der Waals surface area contributed by atoms with Crippen molar-refractivity contribution in [1.82, 2.24) is 0 Å². The maximum Gasteiger partial charge on any atom is 0.300 e. The molecule has 0 aliphatic carbocycles. The Balaban J connectivity index is 1.94. The number of hydrogen-bond acceptors (Lipinski definition) is 3. The van der Waals surface area contributed by atoms with Crippen LogP contribution in [0.25, 0.3) is 5.76 Å². The second kappa shape index (κ2) is 7.33. The van der Waals surface area contributed by atoms with Gasteiger partial charge < -0.3 is 5.11 Å². The Labute approximate surface area is 167 Å². The molecule has 1 aliphatic rings. The summed E-state index contributed by atoms with van der Waals surface area (Å²) in [5.41, 5.74) is 1.82. The maximum atomic E-state index is 12.9. The van der Waals surface area contributed by atoms with Gasteiger partial charge in [0, 0.05) is 16.3 Å². The molecule has 1 amide bonds. The molecule has 0 aromatic heterocycles. The fraction of sp³-hybridized carbons (Fsp3) is 0.0435. The fourth-order valence-electron chi connectivity index (χ4n) is 3.40. The molecule has 4 nitrogen and oxygen atoms in total. The molecule has 1 saturated heterocycles. The van der Waals surface area contributed by atoms with Crippen LogP contribution in [-0.4, -0.2) is 16.8 Å². The van der Waals surface area contributed by atoms with Crippen LogP contribution in [0.3, 0.4) is 0 Å². The van der Waals surface area contributed by atoms with Crippen molar-refractivity contribution in [2.45, 2.75) is 6.04 Å². The van der Waals surface area contributed by atoms with Crippen molar-refractivity contribution >= 4 is 34.7 Å². The molecule has 0 saturated carbocycles. The quantitative estimate of drug-likeness (QED) is 0.391. The van der Waals surface area contributed by atoms with Gasteiger partial charge in [0.15, 0.2) is 0 Å². The highest BCUT2D eigenvalue weighted by Gasteiger charge is 2.46. The molecule has 1 atom stereocenters. The third-order valence-electron chi connectivity index (χ3n) is 4.71. The number of ketones is 1. The van der Waals surface area contributed by atoms with Crippen molar-refractivity contribution in [3.05, 3.63) is 107 Å². The molecule has 3 aromatic carbocycles. The van der Waals surface area contributed by atoms with E-state index in [0.29, 0.717) is 16.3 Å². The number of carbonyl (C=O) groups is 2. The van der Waals surface area contributed by atoms with Gasteiger partial charge in [-0.15, -0.1) is 0 Å². The monoisotopic (exact) mass is 389 g/mol. The molecule has 138 valence electrons. The molecule has 0 spiro atoms. The largest absolute Gasteiger partial charge is 0.507 e. The smallest absolute Gasteiger partial charge is 0.300 e. The average Bonchev–Trinajstić information content (AvgIpc) is 3.00. The van der Waals surface area contributed by atoms with Crippen molar-refractivity contribution < 1.29 is 14.7 Å². The van der Waals surface area contributed by atoms with Crippen LogP contribution in [0.5, 0.6) is 0 Å². The van der Waals surface area contributed by atoms with Gasteiger partial charge in [0.05, 0.1) is 11.6 Å². The number of nitrogens with zero attached hydrogens (tertiary/aromatic N) is 1. The summed E-state index contributed by atoms with van der Waals surface area (Å²) in [5, 5.41) is 11.4. The Kier molecular flexibility index (Phi) is 4.72. The second-order valence-corrected chi connectivity index (χ2v) is 6.86. The van der Waals surface area contributed by atoms with E-state index in [4.69, 9.17) is 11.6 Å². The number of benzene rings is 3. The van der Waals surface area contributed by atoms with Crippen LogP contribution in [0.2, 0.25) is 5.02 Å². The number of anilines is 1. The highest BCUT2D eigenvalue weighted by Crippen LogP contribution is 2.42. The number of Topliss-reactive ketones (excluding diaryl/α,β-unsaturated/α-hetero) is 1. The second-order valence-electron chi connectivity index (χ2n) is 6.42. The first-order valence-corrected chi connectivity index (χ1v) is 9.12. The topological polar surface area (TPSA) is 57.6 Å². The Bertz CT molecular complexity index is 1060. The van der Waals surface area contributed by atoms with Crippen molar-refractivity contribution in [2.24, 2.45) is 0 Å². The molecular formula is C23H16ClNO3. The summed E-state index contributed by atoms with van der Waals surface area (Å²) in [7, 11) is 0. The third-order valence-corrected chi connectivity index (χ3v) is 4.96. The predicted octanol–water partition coefficient (Wildman–Crippen LogP) is 4.97. The highest BCUT2D eigenvalue weighted by molar-refractivity contribution is 6.51. The standard InChI is InChI=1S/C23H16ClNO3/c24-17-11-13-18(14-12-17)25-20(15-7-3-1-4-8-15)19(22(27)23(25)28)21(26)16-9-5-2-6-10-16/h1-14,20,26H/b21-19+/t20-/m0/s1.